The number of rotatable bonds is 6. The summed E-state index contributed by atoms with van der Waals surface area (Å²) in [7, 11) is 0. The first-order valence-electron chi connectivity index (χ1n) is 8.57. The first-order valence-corrected chi connectivity index (χ1v) is 8.57. The smallest absolute Gasteiger partial charge is 0.233 e. The van der Waals surface area contributed by atoms with Gasteiger partial charge in [-0.05, 0) is 49.2 Å². The molecule has 2 N–H and O–H groups in total. The second kappa shape index (κ2) is 7.82. The lowest BCUT2D eigenvalue weighted by Gasteiger charge is -2.08. The van der Waals surface area contributed by atoms with E-state index in [0.29, 0.717) is 18.7 Å². The maximum atomic E-state index is 12.0. The van der Waals surface area contributed by atoms with Gasteiger partial charge < -0.3 is 15.0 Å². The van der Waals surface area contributed by atoms with E-state index in [9.17, 15) is 9.59 Å². The number of aryl methyl sites for hydroxylation is 2. The Labute approximate surface area is 152 Å². The maximum absolute atomic E-state index is 12.0. The van der Waals surface area contributed by atoms with Crippen molar-refractivity contribution in [2.75, 3.05) is 11.9 Å². The van der Waals surface area contributed by atoms with Gasteiger partial charge in [0.1, 0.15) is 12.1 Å². The number of carbonyl (C=O) groups is 2. The highest BCUT2D eigenvalue weighted by atomic mass is 16.2. The summed E-state index contributed by atoms with van der Waals surface area (Å²) in [5.74, 6) is -0.615. The van der Waals surface area contributed by atoms with E-state index >= 15 is 0 Å². The molecule has 2 heterocycles. The van der Waals surface area contributed by atoms with Crippen LogP contribution in [-0.2, 0) is 16.0 Å². The molecule has 0 saturated carbocycles. The Hall–Kier alpha value is -3.15. The molecule has 0 aliphatic carbocycles. The zero-order valence-electron chi connectivity index (χ0n) is 15.0. The van der Waals surface area contributed by atoms with Crippen LogP contribution in [0.25, 0.3) is 5.65 Å². The lowest BCUT2D eigenvalue weighted by atomic mass is 10.1. The predicted octanol–water partition coefficient (Wildman–Crippen LogP) is 2.64. The van der Waals surface area contributed by atoms with Gasteiger partial charge in [-0.3, -0.25) is 9.59 Å². The SMILES string of the molecule is Cc1cc(C)cc(NC(=O)CC(=O)NCCc2cn3ccccc3n2)c1. The van der Waals surface area contributed by atoms with Gasteiger partial charge >= 0.3 is 0 Å². The zero-order chi connectivity index (χ0) is 18.5. The Morgan fingerprint density at radius 3 is 2.58 bits per heavy atom. The quantitative estimate of drug-likeness (QED) is 0.671. The number of hydrogen-bond acceptors (Lipinski definition) is 3. The van der Waals surface area contributed by atoms with Gasteiger partial charge in [0.15, 0.2) is 0 Å². The molecule has 0 atom stereocenters. The lowest BCUT2D eigenvalue weighted by Crippen LogP contribution is -2.29. The first kappa shape index (κ1) is 17.7. The fraction of sp³-hybridized carbons (Fsp3) is 0.250. The van der Waals surface area contributed by atoms with Crippen molar-refractivity contribution in [1.82, 2.24) is 14.7 Å². The highest BCUT2D eigenvalue weighted by molar-refractivity contribution is 6.03. The largest absolute Gasteiger partial charge is 0.355 e. The van der Waals surface area contributed by atoms with Crippen LogP contribution in [0.3, 0.4) is 0 Å². The van der Waals surface area contributed by atoms with E-state index in [4.69, 9.17) is 0 Å². The molecule has 0 saturated heterocycles. The summed E-state index contributed by atoms with van der Waals surface area (Å²) in [5.41, 5.74) is 4.62. The highest BCUT2D eigenvalue weighted by Gasteiger charge is 2.10. The molecule has 0 spiro atoms. The maximum Gasteiger partial charge on any atom is 0.233 e. The third-order valence-corrected chi connectivity index (χ3v) is 3.94. The minimum Gasteiger partial charge on any atom is -0.355 e. The molecule has 0 bridgehead atoms. The molecule has 0 aliphatic heterocycles. The number of pyridine rings is 1. The number of aromatic nitrogens is 2. The number of anilines is 1. The summed E-state index contributed by atoms with van der Waals surface area (Å²) in [6, 6.07) is 11.6. The molecule has 2 amide bonds. The second-order valence-corrected chi connectivity index (χ2v) is 6.40. The van der Waals surface area contributed by atoms with Crippen LogP contribution >= 0.6 is 0 Å². The monoisotopic (exact) mass is 350 g/mol. The topological polar surface area (TPSA) is 75.5 Å². The van der Waals surface area contributed by atoms with Crippen molar-refractivity contribution in [2.45, 2.75) is 26.7 Å². The number of nitrogens with zero attached hydrogens (tertiary/aromatic N) is 2. The van der Waals surface area contributed by atoms with Crippen molar-refractivity contribution in [3.05, 3.63) is 65.6 Å². The molecule has 0 unspecified atom stereocenters. The van der Waals surface area contributed by atoms with E-state index in [1.54, 1.807) is 0 Å². The fourth-order valence-corrected chi connectivity index (χ4v) is 2.90. The van der Waals surface area contributed by atoms with Gasteiger partial charge in [0.05, 0.1) is 5.69 Å². The summed E-state index contributed by atoms with van der Waals surface area (Å²) in [6.45, 7) is 4.38. The van der Waals surface area contributed by atoms with Crippen LogP contribution in [0.2, 0.25) is 0 Å². The molecule has 0 aliphatic rings. The number of benzene rings is 1. The van der Waals surface area contributed by atoms with Crippen LogP contribution in [0, 0.1) is 13.8 Å². The Morgan fingerprint density at radius 2 is 1.85 bits per heavy atom. The molecule has 0 radical (unpaired) electrons. The summed E-state index contributed by atoms with van der Waals surface area (Å²) in [4.78, 5) is 28.4. The lowest BCUT2D eigenvalue weighted by molar-refractivity contribution is -0.126. The predicted molar refractivity (Wildman–Crippen MR) is 101 cm³/mol. The zero-order valence-corrected chi connectivity index (χ0v) is 15.0. The minimum absolute atomic E-state index is 0.196. The molecule has 6 heteroatoms. The Balaban J connectivity index is 1.45. The molecule has 3 rings (SSSR count). The second-order valence-electron chi connectivity index (χ2n) is 6.40. The molecule has 134 valence electrons. The third kappa shape index (κ3) is 4.69. The average Bonchev–Trinajstić information content (AvgIpc) is 2.96. The molecule has 6 nitrogen and oxygen atoms in total. The number of carbonyl (C=O) groups excluding carboxylic acids is 2. The van der Waals surface area contributed by atoms with Crippen molar-refractivity contribution in [1.29, 1.82) is 0 Å². The fourth-order valence-electron chi connectivity index (χ4n) is 2.90. The van der Waals surface area contributed by atoms with Gasteiger partial charge in [-0.1, -0.05) is 12.1 Å². The van der Waals surface area contributed by atoms with Crippen molar-refractivity contribution in [2.24, 2.45) is 0 Å². The average molecular weight is 350 g/mol. The first-order chi connectivity index (χ1) is 12.5. The van der Waals surface area contributed by atoms with Crippen molar-refractivity contribution < 1.29 is 9.59 Å². The van der Waals surface area contributed by atoms with Gasteiger partial charge in [0.25, 0.3) is 0 Å². The van der Waals surface area contributed by atoms with Crippen LogP contribution < -0.4 is 10.6 Å². The molecule has 1 aromatic carbocycles. The highest BCUT2D eigenvalue weighted by Crippen LogP contribution is 2.13. The van der Waals surface area contributed by atoms with E-state index < -0.39 is 0 Å². The van der Waals surface area contributed by atoms with E-state index in [0.717, 1.165) is 22.5 Å². The molecule has 3 aromatic rings. The van der Waals surface area contributed by atoms with Gasteiger partial charge in [0, 0.05) is 31.0 Å². The van der Waals surface area contributed by atoms with Gasteiger partial charge in [-0.2, -0.15) is 0 Å². The van der Waals surface area contributed by atoms with Crippen LogP contribution in [0.1, 0.15) is 23.2 Å². The van der Waals surface area contributed by atoms with Crippen LogP contribution in [-0.4, -0.2) is 27.7 Å². The number of hydrogen-bond donors (Lipinski definition) is 2. The Morgan fingerprint density at radius 1 is 1.08 bits per heavy atom. The van der Waals surface area contributed by atoms with Gasteiger partial charge in [-0.15, -0.1) is 0 Å². The van der Waals surface area contributed by atoms with Crippen LogP contribution in [0.15, 0.2) is 48.8 Å². The van der Waals surface area contributed by atoms with E-state index in [1.807, 2.05) is 67.0 Å². The van der Waals surface area contributed by atoms with Crippen molar-refractivity contribution in [3.8, 4) is 0 Å². The third-order valence-electron chi connectivity index (χ3n) is 3.94. The van der Waals surface area contributed by atoms with E-state index in [1.165, 1.54) is 0 Å². The Bertz CT molecular complexity index is 893. The van der Waals surface area contributed by atoms with Crippen LogP contribution in [0.4, 0.5) is 5.69 Å². The standard InChI is InChI=1S/C20H22N4O2/c1-14-9-15(2)11-17(10-14)23-20(26)12-19(25)21-7-6-16-13-24-8-4-3-5-18(24)22-16/h3-5,8-11,13H,6-7,12H2,1-2H3,(H,21,25)(H,23,26). The molecule has 2 aromatic heterocycles. The summed E-state index contributed by atoms with van der Waals surface area (Å²) in [6.07, 6.45) is 4.29. The minimum atomic E-state index is -0.319. The van der Waals surface area contributed by atoms with Gasteiger partial charge in [0.2, 0.25) is 11.8 Å². The molecule has 0 fully saturated rings. The van der Waals surface area contributed by atoms with Gasteiger partial charge in [-0.25, -0.2) is 4.98 Å². The summed E-state index contributed by atoms with van der Waals surface area (Å²) >= 11 is 0. The Kier molecular flexibility index (Phi) is 5.31. The molecule has 26 heavy (non-hydrogen) atoms. The molecular weight excluding hydrogens is 328 g/mol. The number of nitrogens with one attached hydrogen (secondary N) is 2. The van der Waals surface area contributed by atoms with Crippen molar-refractivity contribution in [3.63, 3.8) is 0 Å². The van der Waals surface area contributed by atoms with Crippen molar-refractivity contribution >= 4 is 23.1 Å². The van der Waals surface area contributed by atoms with Crippen LogP contribution in [0.5, 0.6) is 0 Å². The van der Waals surface area contributed by atoms with E-state index in [-0.39, 0.29) is 18.2 Å². The normalized spacial score (nSPS) is 10.7. The number of amides is 2. The summed E-state index contributed by atoms with van der Waals surface area (Å²) in [5, 5.41) is 5.53. The number of imidazole rings is 1. The number of fused-ring (bicyclic) bond motifs is 1. The summed E-state index contributed by atoms with van der Waals surface area (Å²) < 4.78 is 1.94. The van der Waals surface area contributed by atoms with E-state index in [2.05, 4.69) is 15.6 Å². The molecular formula is C20H22N4O2.